The molecule has 1 aliphatic carbocycles. The molecular weight excluding hydrogens is 435 g/mol. The predicted octanol–water partition coefficient (Wildman–Crippen LogP) is 5.49. The summed E-state index contributed by atoms with van der Waals surface area (Å²) in [6.07, 6.45) is 2.57. The number of carbonyl (C=O) groups excluding carboxylic acids is 1. The molecule has 0 unspecified atom stereocenters. The Bertz CT molecular complexity index is 1150. The van der Waals surface area contributed by atoms with Crippen molar-refractivity contribution >= 4 is 22.5 Å². The van der Waals surface area contributed by atoms with E-state index in [1.54, 1.807) is 12.1 Å². The van der Waals surface area contributed by atoms with Gasteiger partial charge in [0.05, 0.1) is 24.4 Å². The Morgan fingerprint density at radius 2 is 1.94 bits per heavy atom. The molecule has 4 rings (SSSR count). The van der Waals surface area contributed by atoms with Crippen LogP contribution in [-0.4, -0.2) is 32.8 Å². The van der Waals surface area contributed by atoms with Gasteiger partial charge in [0.1, 0.15) is 11.4 Å². The number of halogens is 3. The van der Waals surface area contributed by atoms with Crippen molar-refractivity contribution in [3.8, 4) is 5.75 Å². The van der Waals surface area contributed by atoms with Crippen LogP contribution in [0, 0.1) is 11.8 Å². The van der Waals surface area contributed by atoms with Crippen LogP contribution >= 0.6 is 0 Å². The van der Waals surface area contributed by atoms with E-state index in [9.17, 15) is 18.0 Å². The highest BCUT2D eigenvalue weighted by atomic mass is 19.4. The zero-order chi connectivity index (χ0) is 23.8. The predicted molar refractivity (Wildman–Crippen MR) is 117 cm³/mol. The molecule has 1 amide bonds. The monoisotopic (exact) mass is 461 g/mol. The summed E-state index contributed by atoms with van der Waals surface area (Å²) >= 11 is 0. The van der Waals surface area contributed by atoms with Gasteiger partial charge in [-0.15, -0.1) is 0 Å². The molecule has 3 aromatic rings. The van der Waals surface area contributed by atoms with Crippen LogP contribution in [0.4, 0.5) is 18.9 Å². The molecule has 0 atom stereocenters. The lowest BCUT2D eigenvalue weighted by Gasteiger charge is -2.30. The van der Waals surface area contributed by atoms with Gasteiger partial charge in [-0.1, -0.05) is 13.8 Å². The number of aromatic nitrogens is 4. The Balaban J connectivity index is 1.56. The molecule has 1 saturated carbocycles. The highest BCUT2D eigenvalue weighted by Crippen LogP contribution is 2.37. The smallest absolute Gasteiger partial charge is 0.451 e. The molecule has 7 nitrogen and oxygen atoms in total. The number of methoxy groups -OCH3 is 1. The van der Waals surface area contributed by atoms with Gasteiger partial charge in [-0.2, -0.15) is 18.3 Å². The minimum atomic E-state index is -4.74. The van der Waals surface area contributed by atoms with Crippen molar-refractivity contribution in [3.05, 3.63) is 42.1 Å². The highest BCUT2D eigenvalue weighted by molar-refractivity contribution is 6.05. The van der Waals surface area contributed by atoms with E-state index in [1.165, 1.54) is 20.0 Å². The SMILES string of the molecule is COc1cc2nn([C@H]3CC[C@H](C(C)C)CC3)cc2cc1NC(=O)c1ccnc(C(F)(F)F)n1. The van der Waals surface area contributed by atoms with E-state index in [0.717, 1.165) is 41.9 Å². The third-order valence-electron chi connectivity index (χ3n) is 6.29. The van der Waals surface area contributed by atoms with Gasteiger partial charge in [0, 0.05) is 23.8 Å². The maximum absolute atomic E-state index is 12.9. The molecule has 1 N–H and O–H groups in total. The number of hydrogen-bond donors (Lipinski definition) is 1. The Morgan fingerprint density at radius 1 is 1.21 bits per heavy atom. The van der Waals surface area contributed by atoms with E-state index in [-0.39, 0.29) is 0 Å². The number of rotatable bonds is 5. The van der Waals surface area contributed by atoms with E-state index in [2.05, 4.69) is 29.1 Å². The molecule has 1 aromatic carbocycles. The van der Waals surface area contributed by atoms with Crippen LogP contribution in [0.5, 0.6) is 5.75 Å². The Kier molecular flexibility index (Phi) is 6.27. The number of ether oxygens (including phenoxy) is 1. The molecule has 0 saturated heterocycles. The van der Waals surface area contributed by atoms with E-state index < -0.39 is 23.6 Å². The maximum Gasteiger partial charge on any atom is 0.451 e. The van der Waals surface area contributed by atoms with Crippen molar-refractivity contribution in [2.45, 2.75) is 51.7 Å². The number of hydrogen-bond acceptors (Lipinski definition) is 5. The van der Waals surface area contributed by atoms with Crippen LogP contribution in [-0.2, 0) is 6.18 Å². The van der Waals surface area contributed by atoms with E-state index in [1.807, 2.05) is 10.9 Å². The number of nitrogens with zero attached hydrogens (tertiary/aromatic N) is 4. The average Bonchev–Trinajstić information content (AvgIpc) is 3.21. The second kappa shape index (κ2) is 8.99. The van der Waals surface area contributed by atoms with Gasteiger partial charge >= 0.3 is 6.18 Å². The zero-order valence-corrected chi connectivity index (χ0v) is 18.7. The van der Waals surface area contributed by atoms with Crippen LogP contribution in [0.1, 0.15) is 61.9 Å². The Hall–Kier alpha value is -3.17. The van der Waals surface area contributed by atoms with Crippen molar-refractivity contribution < 1.29 is 22.7 Å². The fourth-order valence-electron chi connectivity index (χ4n) is 4.37. The lowest BCUT2D eigenvalue weighted by molar-refractivity contribution is -0.145. The lowest BCUT2D eigenvalue weighted by atomic mass is 9.80. The summed E-state index contributed by atoms with van der Waals surface area (Å²) in [5.41, 5.74) is 0.652. The van der Waals surface area contributed by atoms with Crippen LogP contribution < -0.4 is 10.1 Å². The summed E-state index contributed by atoms with van der Waals surface area (Å²) in [7, 11) is 1.45. The topological polar surface area (TPSA) is 81.9 Å². The molecule has 0 aliphatic heterocycles. The number of benzene rings is 1. The normalized spacial score (nSPS) is 19.1. The number of amides is 1. The van der Waals surface area contributed by atoms with Gasteiger partial charge in [0.2, 0.25) is 5.82 Å². The average molecular weight is 461 g/mol. The number of carbonyl (C=O) groups is 1. The summed E-state index contributed by atoms with van der Waals surface area (Å²) in [4.78, 5) is 19.1. The maximum atomic E-state index is 12.9. The molecule has 10 heteroatoms. The number of fused-ring (bicyclic) bond motifs is 1. The first-order valence-corrected chi connectivity index (χ1v) is 10.9. The Morgan fingerprint density at radius 3 is 2.58 bits per heavy atom. The molecule has 33 heavy (non-hydrogen) atoms. The van der Waals surface area contributed by atoms with Crippen molar-refractivity contribution in [2.75, 3.05) is 12.4 Å². The van der Waals surface area contributed by atoms with Gasteiger partial charge in [-0.05, 0) is 49.7 Å². The number of alkyl halides is 3. The fraction of sp³-hybridized carbons (Fsp3) is 0.478. The highest BCUT2D eigenvalue weighted by Gasteiger charge is 2.35. The Labute approximate surface area is 189 Å². The minimum Gasteiger partial charge on any atom is -0.494 e. The second-order valence-electron chi connectivity index (χ2n) is 8.75. The molecule has 0 bridgehead atoms. The van der Waals surface area contributed by atoms with Crippen molar-refractivity contribution in [3.63, 3.8) is 0 Å². The molecular formula is C23H26F3N5O2. The van der Waals surface area contributed by atoms with Crippen LogP contribution in [0.2, 0.25) is 0 Å². The van der Waals surface area contributed by atoms with Crippen LogP contribution in [0.15, 0.2) is 30.6 Å². The lowest BCUT2D eigenvalue weighted by Crippen LogP contribution is -2.21. The molecule has 1 fully saturated rings. The van der Waals surface area contributed by atoms with Crippen LogP contribution in [0.25, 0.3) is 10.9 Å². The van der Waals surface area contributed by atoms with Gasteiger partial charge in [-0.3, -0.25) is 9.48 Å². The van der Waals surface area contributed by atoms with Gasteiger partial charge in [-0.25, -0.2) is 9.97 Å². The summed E-state index contributed by atoms with van der Waals surface area (Å²) in [5.74, 6) is -0.381. The second-order valence-corrected chi connectivity index (χ2v) is 8.75. The van der Waals surface area contributed by atoms with Gasteiger partial charge in [0.25, 0.3) is 5.91 Å². The number of nitrogens with one attached hydrogen (secondary N) is 1. The molecule has 0 spiro atoms. The summed E-state index contributed by atoms with van der Waals surface area (Å²) in [6.45, 7) is 4.53. The first kappa shape index (κ1) is 23.0. The molecule has 2 heterocycles. The molecule has 0 radical (unpaired) electrons. The van der Waals surface area contributed by atoms with Crippen molar-refractivity contribution in [1.29, 1.82) is 0 Å². The fourth-order valence-corrected chi connectivity index (χ4v) is 4.37. The zero-order valence-electron chi connectivity index (χ0n) is 18.7. The summed E-state index contributed by atoms with van der Waals surface area (Å²) in [5, 5.41) is 8.11. The number of anilines is 1. The quantitative estimate of drug-likeness (QED) is 0.543. The largest absolute Gasteiger partial charge is 0.494 e. The first-order chi connectivity index (χ1) is 15.7. The summed E-state index contributed by atoms with van der Waals surface area (Å²) < 4.78 is 46.0. The first-order valence-electron chi connectivity index (χ1n) is 10.9. The van der Waals surface area contributed by atoms with Crippen LogP contribution in [0.3, 0.4) is 0 Å². The molecule has 176 valence electrons. The van der Waals surface area contributed by atoms with E-state index in [4.69, 9.17) is 9.84 Å². The third kappa shape index (κ3) is 4.94. The van der Waals surface area contributed by atoms with Gasteiger partial charge < -0.3 is 10.1 Å². The summed E-state index contributed by atoms with van der Waals surface area (Å²) in [6, 6.07) is 4.86. The minimum absolute atomic E-state index is 0.318. The molecule has 1 aliphatic rings. The van der Waals surface area contributed by atoms with E-state index in [0.29, 0.717) is 23.4 Å². The molecule has 2 aromatic heterocycles. The van der Waals surface area contributed by atoms with E-state index >= 15 is 0 Å². The third-order valence-corrected chi connectivity index (χ3v) is 6.29. The standard InChI is InChI=1S/C23H26F3N5O2/c1-13(2)14-4-6-16(7-5-14)31-12-15-10-19(20(33-3)11-18(15)30-31)28-21(32)17-8-9-27-22(29-17)23(24,25)26/h8-14,16H,4-7H2,1-3H3,(H,28,32)/t14-,16-. The van der Waals surface area contributed by atoms with Crippen molar-refractivity contribution in [1.82, 2.24) is 19.7 Å². The van der Waals surface area contributed by atoms with Crippen molar-refractivity contribution in [2.24, 2.45) is 11.8 Å². The van der Waals surface area contributed by atoms with Gasteiger partial charge in [0.15, 0.2) is 0 Å².